The molecule has 0 N–H and O–H groups in total. The topological polar surface area (TPSA) is 135 Å². The fourth-order valence-corrected chi connectivity index (χ4v) is 5.12. The lowest BCUT2D eigenvalue weighted by Gasteiger charge is -2.46. The number of nitrogens with zero attached hydrogens (tertiary/aromatic N) is 1. The molecule has 0 saturated carbocycles. The van der Waals surface area contributed by atoms with E-state index in [4.69, 9.17) is 35.9 Å². The molecule has 3 rings (SSSR count). The number of ether oxygens (including phenoxy) is 5. The van der Waals surface area contributed by atoms with E-state index in [1.165, 1.54) is 6.92 Å². The van der Waals surface area contributed by atoms with E-state index >= 15 is 0 Å². The smallest absolute Gasteiger partial charge is 0.303 e. The quantitative estimate of drug-likeness (QED) is 0.212. The number of hydrogen-bond donors (Lipinski definition) is 0. The van der Waals surface area contributed by atoms with Gasteiger partial charge in [0.2, 0.25) is 0 Å². The molecule has 5 atom stereocenters. The second kappa shape index (κ2) is 12.3. The van der Waals surface area contributed by atoms with Gasteiger partial charge in [-0.25, -0.2) is 0 Å². The van der Waals surface area contributed by atoms with Crippen LogP contribution in [0.4, 0.5) is 0 Å². The molecule has 13 heteroatoms. The summed E-state index contributed by atoms with van der Waals surface area (Å²) in [7, 11) is 0. The zero-order valence-corrected chi connectivity index (χ0v) is 22.0. The minimum Gasteiger partial charge on any atom is -0.463 e. The molecule has 2 heterocycles. The molecule has 1 amide bonds. The van der Waals surface area contributed by atoms with Gasteiger partial charge in [-0.15, -0.1) is 0 Å². The van der Waals surface area contributed by atoms with Crippen molar-refractivity contribution in [2.75, 3.05) is 6.61 Å². The Kier molecular flexibility index (Phi) is 9.40. The van der Waals surface area contributed by atoms with Gasteiger partial charge in [0.15, 0.2) is 28.9 Å². The normalized spacial score (nSPS) is 26.5. The Morgan fingerprint density at radius 1 is 0.919 bits per heavy atom. The van der Waals surface area contributed by atoms with E-state index in [1.807, 2.05) is 18.2 Å². The van der Waals surface area contributed by atoms with Crippen molar-refractivity contribution in [1.29, 1.82) is 0 Å². The standard InChI is InChI=1S/C24H25NO10S2/c1-12(26)31-11-17-19(32-13(2)27)20(33-14(3)28)21(34-15(4)29)23(35-17)25-22(30)18(37-24(25)36)10-16-8-6-5-7-9-16/h5-10,17,19-21,23H,11H2,1-4H3/b18-10+/t17-,19+,20+,21+,23-/m1/s1. The summed E-state index contributed by atoms with van der Waals surface area (Å²) < 4.78 is 27.4. The Bertz CT molecular complexity index is 1120. The minimum atomic E-state index is -1.43. The third kappa shape index (κ3) is 7.14. The highest BCUT2D eigenvalue weighted by molar-refractivity contribution is 8.26. The maximum absolute atomic E-state index is 13.5. The highest BCUT2D eigenvalue weighted by Crippen LogP contribution is 2.39. The summed E-state index contributed by atoms with van der Waals surface area (Å²) in [6.45, 7) is 4.11. The first-order valence-corrected chi connectivity index (χ1v) is 12.3. The Labute approximate surface area is 222 Å². The van der Waals surface area contributed by atoms with Crippen LogP contribution in [0.5, 0.6) is 0 Å². The molecular weight excluding hydrogens is 526 g/mol. The van der Waals surface area contributed by atoms with E-state index < -0.39 is 67.0 Å². The molecule has 11 nitrogen and oxygen atoms in total. The number of hydrogen-bond acceptors (Lipinski definition) is 12. The van der Waals surface area contributed by atoms with Crippen molar-refractivity contribution in [2.45, 2.75) is 58.3 Å². The molecule has 37 heavy (non-hydrogen) atoms. The second-order valence-corrected chi connectivity index (χ2v) is 9.73. The molecule has 2 fully saturated rings. The monoisotopic (exact) mass is 551 g/mol. The van der Waals surface area contributed by atoms with Crippen molar-refractivity contribution in [3.05, 3.63) is 40.8 Å². The van der Waals surface area contributed by atoms with E-state index in [2.05, 4.69) is 0 Å². The minimum absolute atomic E-state index is 0.0908. The summed E-state index contributed by atoms with van der Waals surface area (Å²) in [4.78, 5) is 62.3. The second-order valence-electron chi connectivity index (χ2n) is 8.05. The van der Waals surface area contributed by atoms with Gasteiger partial charge in [0, 0.05) is 27.7 Å². The Morgan fingerprint density at radius 3 is 2.05 bits per heavy atom. The van der Waals surface area contributed by atoms with Crippen LogP contribution >= 0.6 is 24.0 Å². The molecule has 198 valence electrons. The van der Waals surface area contributed by atoms with Crippen molar-refractivity contribution < 1.29 is 47.7 Å². The highest BCUT2D eigenvalue weighted by Gasteiger charge is 2.56. The van der Waals surface area contributed by atoms with Crippen LogP contribution in [0.2, 0.25) is 0 Å². The van der Waals surface area contributed by atoms with Crippen molar-refractivity contribution in [2.24, 2.45) is 0 Å². The maximum Gasteiger partial charge on any atom is 0.303 e. The van der Waals surface area contributed by atoms with Gasteiger partial charge in [-0.2, -0.15) is 0 Å². The number of carbonyl (C=O) groups excluding carboxylic acids is 5. The van der Waals surface area contributed by atoms with Gasteiger partial charge in [0.1, 0.15) is 12.7 Å². The third-order valence-electron chi connectivity index (χ3n) is 5.14. The summed E-state index contributed by atoms with van der Waals surface area (Å²) >= 11 is 6.46. The number of carbonyl (C=O) groups is 5. The van der Waals surface area contributed by atoms with Crippen molar-refractivity contribution in [3.63, 3.8) is 0 Å². The zero-order chi connectivity index (χ0) is 27.3. The van der Waals surface area contributed by atoms with Gasteiger partial charge in [0.05, 0.1) is 4.91 Å². The molecule has 1 aromatic carbocycles. The first-order valence-electron chi connectivity index (χ1n) is 11.1. The van der Waals surface area contributed by atoms with Gasteiger partial charge >= 0.3 is 23.9 Å². The van der Waals surface area contributed by atoms with Crippen LogP contribution in [0.1, 0.15) is 33.3 Å². The van der Waals surface area contributed by atoms with E-state index in [0.717, 1.165) is 43.0 Å². The number of benzene rings is 1. The molecule has 0 unspecified atom stereocenters. The van der Waals surface area contributed by atoms with Crippen LogP contribution < -0.4 is 0 Å². The van der Waals surface area contributed by atoms with E-state index in [0.29, 0.717) is 0 Å². The van der Waals surface area contributed by atoms with Gasteiger partial charge in [-0.3, -0.25) is 28.9 Å². The fraction of sp³-hybridized carbons (Fsp3) is 0.417. The molecule has 2 saturated heterocycles. The Hall–Kier alpha value is -3.29. The van der Waals surface area contributed by atoms with Crippen LogP contribution in [0, 0.1) is 0 Å². The number of thioether (sulfide) groups is 1. The van der Waals surface area contributed by atoms with Crippen LogP contribution in [0.15, 0.2) is 35.2 Å². The number of esters is 4. The van der Waals surface area contributed by atoms with Gasteiger partial charge in [-0.1, -0.05) is 54.3 Å². The summed E-state index contributed by atoms with van der Waals surface area (Å²) in [5, 5.41) is 0. The summed E-state index contributed by atoms with van der Waals surface area (Å²) in [6.07, 6.45) is -5.12. The lowest BCUT2D eigenvalue weighted by Crippen LogP contribution is -2.66. The van der Waals surface area contributed by atoms with Crippen molar-refractivity contribution >= 4 is 64.2 Å². The predicted octanol–water partition coefficient (Wildman–Crippen LogP) is 1.97. The molecule has 0 aromatic heterocycles. The molecule has 2 aliphatic rings. The molecule has 1 aromatic rings. The summed E-state index contributed by atoms with van der Waals surface area (Å²) in [5.41, 5.74) is 0.754. The van der Waals surface area contributed by atoms with E-state index in [-0.39, 0.29) is 9.23 Å². The SMILES string of the molecule is CC(=O)OC[C@H]1O[C@@H](N2C(=O)/C(=C\c3ccccc3)SC2=S)[C@@H](OC(C)=O)[C@@H](OC(C)=O)[C@H]1OC(C)=O. The number of amides is 1. The van der Waals surface area contributed by atoms with Crippen LogP contribution in [0.3, 0.4) is 0 Å². The molecule has 0 radical (unpaired) electrons. The molecular formula is C24H25NO10S2. The van der Waals surface area contributed by atoms with E-state index in [9.17, 15) is 24.0 Å². The predicted molar refractivity (Wildman–Crippen MR) is 133 cm³/mol. The zero-order valence-electron chi connectivity index (χ0n) is 20.4. The van der Waals surface area contributed by atoms with Crippen molar-refractivity contribution in [3.8, 4) is 0 Å². The van der Waals surface area contributed by atoms with Crippen LogP contribution in [-0.4, -0.2) is 76.3 Å². The molecule has 0 aliphatic carbocycles. The Balaban J connectivity index is 2.05. The fourth-order valence-electron chi connectivity index (χ4n) is 3.81. The lowest BCUT2D eigenvalue weighted by atomic mass is 9.96. The third-order valence-corrected chi connectivity index (χ3v) is 6.47. The molecule has 0 spiro atoms. The average molecular weight is 552 g/mol. The van der Waals surface area contributed by atoms with E-state index in [1.54, 1.807) is 18.2 Å². The Morgan fingerprint density at radius 2 is 1.49 bits per heavy atom. The number of thiocarbonyl (C=S) groups is 1. The molecule has 0 bridgehead atoms. The first-order chi connectivity index (χ1) is 17.5. The van der Waals surface area contributed by atoms with Gasteiger partial charge < -0.3 is 23.7 Å². The molecule has 2 aliphatic heterocycles. The highest BCUT2D eigenvalue weighted by atomic mass is 32.2. The average Bonchev–Trinajstić information content (AvgIpc) is 3.07. The summed E-state index contributed by atoms with van der Waals surface area (Å²) in [6, 6.07) is 9.07. The van der Waals surface area contributed by atoms with Crippen LogP contribution in [-0.2, 0) is 47.7 Å². The van der Waals surface area contributed by atoms with Gasteiger partial charge in [-0.05, 0) is 11.6 Å². The first kappa shape index (κ1) is 28.3. The number of rotatable bonds is 7. The van der Waals surface area contributed by atoms with Crippen LogP contribution in [0.25, 0.3) is 6.08 Å². The lowest BCUT2D eigenvalue weighted by molar-refractivity contribution is -0.268. The largest absolute Gasteiger partial charge is 0.463 e. The van der Waals surface area contributed by atoms with Gasteiger partial charge in [0.25, 0.3) is 5.91 Å². The maximum atomic E-state index is 13.5. The summed E-state index contributed by atoms with van der Waals surface area (Å²) in [5.74, 6) is -3.50. The van der Waals surface area contributed by atoms with Crippen molar-refractivity contribution in [1.82, 2.24) is 4.90 Å².